The third-order valence-electron chi connectivity index (χ3n) is 2.39. The van der Waals surface area contributed by atoms with E-state index in [1.807, 2.05) is 0 Å². The molecule has 0 aromatic rings. The summed E-state index contributed by atoms with van der Waals surface area (Å²) in [5.74, 6) is 1.84. The third kappa shape index (κ3) is 1.98. The highest BCUT2D eigenvalue weighted by Gasteiger charge is 2.19. The highest BCUT2D eigenvalue weighted by Crippen LogP contribution is 2.19. The molecule has 0 N–H and O–H groups in total. The van der Waals surface area contributed by atoms with Gasteiger partial charge < -0.3 is 4.90 Å². The van der Waals surface area contributed by atoms with Crippen LogP contribution in [0, 0.1) is 11.8 Å². The molecular weight excluding hydrogens is 122 g/mol. The number of rotatable bonds is 1. The first-order valence-electron chi connectivity index (χ1n) is 4.44. The zero-order chi connectivity index (χ0) is 7.56. The standard InChI is InChI=1S/C9H19N/c1-4-10-6-8(2)5-9(3)7-10/h8-9H,4-7H2,1-3H3/t8-,9?/m0/s1. The molecule has 0 aromatic heterocycles. The van der Waals surface area contributed by atoms with Gasteiger partial charge in [-0.25, -0.2) is 0 Å². The summed E-state index contributed by atoms with van der Waals surface area (Å²) in [5, 5.41) is 0. The topological polar surface area (TPSA) is 3.24 Å². The monoisotopic (exact) mass is 141 g/mol. The van der Waals surface area contributed by atoms with E-state index in [1.54, 1.807) is 0 Å². The van der Waals surface area contributed by atoms with Gasteiger partial charge in [0.1, 0.15) is 0 Å². The van der Waals surface area contributed by atoms with Gasteiger partial charge in [-0.15, -0.1) is 0 Å². The molecule has 60 valence electrons. The van der Waals surface area contributed by atoms with Crippen LogP contribution in [0.2, 0.25) is 0 Å². The molecule has 1 unspecified atom stereocenters. The number of likely N-dealkylation sites (tertiary alicyclic amines) is 1. The van der Waals surface area contributed by atoms with Gasteiger partial charge in [-0.05, 0) is 24.8 Å². The first-order chi connectivity index (χ1) is 4.72. The molecule has 2 atom stereocenters. The Balaban J connectivity index is 2.35. The Morgan fingerprint density at radius 3 is 2.10 bits per heavy atom. The maximum absolute atomic E-state index is 2.55. The predicted molar refractivity (Wildman–Crippen MR) is 45.1 cm³/mol. The summed E-state index contributed by atoms with van der Waals surface area (Å²) in [6.45, 7) is 10.8. The van der Waals surface area contributed by atoms with E-state index in [4.69, 9.17) is 0 Å². The molecule has 0 aliphatic carbocycles. The quantitative estimate of drug-likeness (QED) is 0.540. The van der Waals surface area contributed by atoms with Crippen molar-refractivity contribution >= 4 is 0 Å². The summed E-state index contributed by atoms with van der Waals surface area (Å²) in [4.78, 5) is 2.55. The Morgan fingerprint density at radius 1 is 1.20 bits per heavy atom. The van der Waals surface area contributed by atoms with E-state index in [9.17, 15) is 0 Å². The van der Waals surface area contributed by atoms with E-state index in [0.29, 0.717) is 0 Å². The van der Waals surface area contributed by atoms with Gasteiger partial charge in [0, 0.05) is 13.1 Å². The fourth-order valence-corrected chi connectivity index (χ4v) is 2.05. The Morgan fingerprint density at radius 2 is 1.70 bits per heavy atom. The first-order valence-corrected chi connectivity index (χ1v) is 4.44. The minimum atomic E-state index is 0.920. The van der Waals surface area contributed by atoms with Crippen molar-refractivity contribution in [2.75, 3.05) is 19.6 Å². The summed E-state index contributed by atoms with van der Waals surface area (Å²) in [6.07, 6.45) is 1.43. The highest BCUT2D eigenvalue weighted by atomic mass is 15.1. The molecule has 0 spiro atoms. The molecule has 1 heterocycles. The maximum Gasteiger partial charge on any atom is 0.000712 e. The average molecular weight is 141 g/mol. The van der Waals surface area contributed by atoms with Crippen LogP contribution in [0.25, 0.3) is 0 Å². The summed E-state index contributed by atoms with van der Waals surface area (Å²) in [6, 6.07) is 0. The van der Waals surface area contributed by atoms with Crippen LogP contribution in [0.3, 0.4) is 0 Å². The molecule has 1 aliphatic heterocycles. The Kier molecular flexibility index (Phi) is 2.72. The van der Waals surface area contributed by atoms with Crippen molar-refractivity contribution in [2.24, 2.45) is 11.8 Å². The normalized spacial score (nSPS) is 36.3. The molecule has 1 rings (SSSR count). The Bertz CT molecular complexity index is 90.9. The minimum absolute atomic E-state index is 0.920. The lowest BCUT2D eigenvalue weighted by Crippen LogP contribution is -2.38. The van der Waals surface area contributed by atoms with Crippen molar-refractivity contribution in [2.45, 2.75) is 27.2 Å². The molecule has 0 amide bonds. The van der Waals surface area contributed by atoms with Crippen LogP contribution in [-0.4, -0.2) is 24.5 Å². The van der Waals surface area contributed by atoms with Crippen molar-refractivity contribution in [1.29, 1.82) is 0 Å². The smallest absolute Gasteiger partial charge is 0.000712 e. The average Bonchev–Trinajstić information content (AvgIpc) is 1.85. The van der Waals surface area contributed by atoms with Crippen molar-refractivity contribution in [3.8, 4) is 0 Å². The van der Waals surface area contributed by atoms with Crippen molar-refractivity contribution in [1.82, 2.24) is 4.90 Å². The molecule has 1 fully saturated rings. The second-order valence-corrected chi connectivity index (χ2v) is 3.80. The lowest BCUT2D eigenvalue weighted by Gasteiger charge is -2.33. The van der Waals surface area contributed by atoms with E-state index in [0.717, 1.165) is 11.8 Å². The van der Waals surface area contributed by atoms with E-state index in [1.165, 1.54) is 26.1 Å². The van der Waals surface area contributed by atoms with Gasteiger partial charge in [0.2, 0.25) is 0 Å². The van der Waals surface area contributed by atoms with Crippen LogP contribution in [0.4, 0.5) is 0 Å². The summed E-state index contributed by atoms with van der Waals surface area (Å²) in [5.41, 5.74) is 0. The van der Waals surface area contributed by atoms with Gasteiger partial charge in [0.15, 0.2) is 0 Å². The molecule has 1 aliphatic rings. The van der Waals surface area contributed by atoms with Crippen molar-refractivity contribution < 1.29 is 0 Å². The third-order valence-corrected chi connectivity index (χ3v) is 2.39. The number of nitrogens with zero attached hydrogens (tertiary/aromatic N) is 1. The molecular formula is C9H19N. The SMILES string of the molecule is CCN1CC(C)C[C@H](C)C1. The van der Waals surface area contributed by atoms with Gasteiger partial charge >= 0.3 is 0 Å². The molecule has 0 bridgehead atoms. The van der Waals surface area contributed by atoms with Crippen molar-refractivity contribution in [3.05, 3.63) is 0 Å². The molecule has 1 saturated heterocycles. The predicted octanol–water partition coefficient (Wildman–Crippen LogP) is 1.98. The van der Waals surface area contributed by atoms with E-state index >= 15 is 0 Å². The zero-order valence-corrected chi connectivity index (χ0v) is 7.43. The second kappa shape index (κ2) is 3.38. The molecule has 1 nitrogen and oxygen atoms in total. The summed E-state index contributed by atoms with van der Waals surface area (Å²) in [7, 11) is 0. The molecule has 0 aromatic carbocycles. The largest absolute Gasteiger partial charge is 0.303 e. The summed E-state index contributed by atoms with van der Waals surface area (Å²) < 4.78 is 0. The van der Waals surface area contributed by atoms with Crippen LogP contribution < -0.4 is 0 Å². The molecule has 10 heavy (non-hydrogen) atoms. The van der Waals surface area contributed by atoms with Gasteiger partial charge in [0.05, 0.1) is 0 Å². The lowest BCUT2D eigenvalue weighted by atomic mass is 9.92. The lowest BCUT2D eigenvalue weighted by molar-refractivity contribution is 0.148. The van der Waals surface area contributed by atoms with Gasteiger partial charge in [-0.3, -0.25) is 0 Å². The number of hydrogen-bond acceptors (Lipinski definition) is 1. The number of hydrogen-bond donors (Lipinski definition) is 0. The van der Waals surface area contributed by atoms with Gasteiger partial charge in [-0.1, -0.05) is 20.8 Å². The van der Waals surface area contributed by atoms with E-state index in [2.05, 4.69) is 25.7 Å². The molecule has 0 radical (unpaired) electrons. The van der Waals surface area contributed by atoms with Crippen LogP contribution >= 0.6 is 0 Å². The Labute approximate surface area is 64.4 Å². The molecule has 1 heteroatoms. The number of piperidine rings is 1. The fraction of sp³-hybridized carbons (Fsp3) is 1.00. The van der Waals surface area contributed by atoms with Gasteiger partial charge in [0.25, 0.3) is 0 Å². The fourth-order valence-electron chi connectivity index (χ4n) is 2.05. The van der Waals surface area contributed by atoms with Crippen LogP contribution in [0.15, 0.2) is 0 Å². The zero-order valence-electron chi connectivity index (χ0n) is 7.43. The second-order valence-electron chi connectivity index (χ2n) is 3.80. The molecule has 0 saturated carbocycles. The van der Waals surface area contributed by atoms with Crippen LogP contribution in [0.1, 0.15) is 27.2 Å². The first kappa shape index (κ1) is 8.06. The van der Waals surface area contributed by atoms with Gasteiger partial charge in [-0.2, -0.15) is 0 Å². The van der Waals surface area contributed by atoms with Crippen molar-refractivity contribution in [3.63, 3.8) is 0 Å². The highest BCUT2D eigenvalue weighted by molar-refractivity contribution is 4.73. The van der Waals surface area contributed by atoms with E-state index < -0.39 is 0 Å². The Hall–Kier alpha value is -0.0400. The maximum atomic E-state index is 2.55. The van der Waals surface area contributed by atoms with Crippen LogP contribution in [-0.2, 0) is 0 Å². The summed E-state index contributed by atoms with van der Waals surface area (Å²) >= 11 is 0. The van der Waals surface area contributed by atoms with Crippen LogP contribution in [0.5, 0.6) is 0 Å². The van der Waals surface area contributed by atoms with E-state index in [-0.39, 0.29) is 0 Å². The minimum Gasteiger partial charge on any atom is -0.303 e.